The van der Waals surface area contributed by atoms with Gasteiger partial charge in [-0.25, -0.2) is 18.9 Å². The minimum absolute atomic E-state index is 0.291. The van der Waals surface area contributed by atoms with E-state index in [-0.39, 0.29) is 5.82 Å². The van der Waals surface area contributed by atoms with Crippen molar-refractivity contribution < 1.29 is 9.13 Å². The lowest BCUT2D eigenvalue weighted by atomic mass is 10.1. The van der Waals surface area contributed by atoms with Crippen LogP contribution in [0.1, 0.15) is 17.1 Å². The Morgan fingerprint density at radius 3 is 2.65 bits per heavy atom. The predicted octanol–water partition coefficient (Wildman–Crippen LogP) is 4.02. The van der Waals surface area contributed by atoms with Crippen molar-refractivity contribution in [2.45, 2.75) is 13.3 Å². The zero-order valence-corrected chi connectivity index (χ0v) is 17.0. The Labute approximate surface area is 177 Å². The van der Waals surface area contributed by atoms with E-state index in [0.717, 1.165) is 28.3 Å². The molecule has 0 radical (unpaired) electrons. The average molecular weight is 414 g/mol. The van der Waals surface area contributed by atoms with Gasteiger partial charge in [0.1, 0.15) is 17.3 Å². The van der Waals surface area contributed by atoms with Crippen molar-refractivity contribution in [2.75, 3.05) is 7.11 Å². The van der Waals surface area contributed by atoms with E-state index >= 15 is 0 Å². The van der Waals surface area contributed by atoms with Gasteiger partial charge in [0.25, 0.3) is 0 Å². The van der Waals surface area contributed by atoms with E-state index in [1.165, 1.54) is 12.1 Å². The van der Waals surface area contributed by atoms with Crippen LogP contribution in [0.15, 0.2) is 67.4 Å². The highest BCUT2D eigenvalue weighted by Gasteiger charge is 2.13. The first-order chi connectivity index (χ1) is 15.1. The van der Waals surface area contributed by atoms with Gasteiger partial charge >= 0.3 is 0 Å². The molecule has 7 nitrogen and oxygen atoms in total. The molecular formula is C23H19FN6O. The summed E-state index contributed by atoms with van der Waals surface area (Å²) in [5.74, 6) is 1.11. The van der Waals surface area contributed by atoms with Crippen LogP contribution in [-0.4, -0.2) is 36.2 Å². The number of nitrogens with zero attached hydrogens (tertiary/aromatic N) is 6. The maximum atomic E-state index is 13.3. The van der Waals surface area contributed by atoms with Crippen LogP contribution in [0.25, 0.3) is 22.6 Å². The van der Waals surface area contributed by atoms with Crippen molar-refractivity contribution in [3.8, 4) is 22.7 Å². The number of imidazole rings is 1. The highest BCUT2D eigenvalue weighted by molar-refractivity contribution is 5.73. The first-order valence-electron chi connectivity index (χ1n) is 9.75. The zero-order valence-electron chi connectivity index (χ0n) is 17.0. The quantitative estimate of drug-likeness (QED) is 0.434. The molecule has 0 aliphatic rings. The van der Waals surface area contributed by atoms with Crippen LogP contribution >= 0.6 is 0 Å². The standard InChI is InChI=1S/C23H19FN6O/c1-15-13-29(14-26-15)19-8-3-16(11-20(19)31-2)12-21-27-23-22(25-9-10-30(23)28-21)17-4-6-18(24)7-5-17/h3-11,13-14H,12H2,1-2H3. The van der Waals surface area contributed by atoms with E-state index < -0.39 is 0 Å². The number of ether oxygens (including phenoxy) is 1. The molecular weight excluding hydrogens is 395 g/mol. The monoisotopic (exact) mass is 414 g/mol. The summed E-state index contributed by atoms with van der Waals surface area (Å²) in [5.41, 5.74) is 4.94. The number of hydrogen-bond donors (Lipinski definition) is 0. The van der Waals surface area contributed by atoms with E-state index in [2.05, 4.69) is 20.1 Å². The van der Waals surface area contributed by atoms with Crippen molar-refractivity contribution in [2.24, 2.45) is 0 Å². The first kappa shape index (κ1) is 18.9. The van der Waals surface area contributed by atoms with E-state index in [9.17, 15) is 4.39 Å². The number of hydrogen-bond acceptors (Lipinski definition) is 5. The van der Waals surface area contributed by atoms with Crippen LogP contribution in [0.2, 0.25) is 0 Å². The molecule has 0 amide bonds. The predicted molar refractivity (Wildman–Crippen MR) is 114 cm³/mol. The van der Waals surface area contributed by atoms with Gasteiger partial charge in [-0.15, -0.1) is 0 Å². The van der Waals surface area contributed by atoms with Gasteiger partial charge < -0.3 is 9.30 Å². The molecule has 0 bridgehead atoms. The molecule has 0 aliphatic heterocycles. The summed E-state index contributed by atoms with van der Waals surface area (Å²) in [7, 11) is 1.65. The van der Waals surface area contributed by atoms with Crippen LogP contribution in [0.5, 0.6) is 5.75 Å². The normalized spacial score (nSPS) is 11.2. The van der Waals surface area contributed by atoms with Gasteiger partial charge in [0.05, 0.1) is 24.8 Å². The Kier molecular flexibility index (Phi) is 4.66. The van der Waals surface area contributed by atoms with E-state index in [0.29, 0.717) is 23.6 Å². The largest absolute Gasteiger partial charge is 0.495 e. The molecule has 0 unspecified atom stereocenters. The second-order valence-electron chi connectivity index (χ2n) is 7.18. The smallest absolute Gasteiger partial charge is 0.181 e. The summed E-state index contributed by atoms with van der Waals surface area (Å²) >= 11 is 0. The topological polar surface area (TPSA) is 70.1 Å². The fourth-order valence-electron chi connectivity index (χ4n) is 3.53. The first-order valence-corrected chi connectivity index (χ1v) is 9.75. The summed E-state index contributed by atoms with van der Waals surface area (Å²) in [6.45, 7) is 1.95. The molecule has 0 saturated heterocycles. The van der Waals surface area contributed by atoms with E-state index in [4.69, 9.17) is 4.74 Å². The third-order valence-corrected chi connectivity index (χ3v) is 5.01. The van der Waals surface area contributed by atoms with Gasteiger partial charge in [-0.2, -0.15) is 5.10 Å². The highest BCUT2D eigenvalue weighted by atomic mass is 19.1. The molecule has 3 aromatic heterocycles. The van der Waals surface area contributed by atoms with Crippen LogP contribution in [0.3, 0.4) is 0 Å². The van der Waals surface area contributed by atoms with E-state index in [1.807, 2.05) is 35.9 Å². The SMILES string of the molecule is COc1cc(Cc2nc3c(-c4ccc(F)cc4)nccn3n2)ccc1-n1cnc(C)c1. The lowest BCUT2D eigenvalue weighted by Gasteiger charge is -2.10. The molecule has 0 spiro atoms. The fraction of sp³-hybridized carbons (Fsp3) is 0.130. The lowest BCUT2D eigenvalue weighted by molar-refractivity contribution is 0.412. The molecule has 0 atom stereocenters. The number of benzene rings is 2. The number of fused-ring (bicyclic) bond motifs is 1. The molecule has 0 N–H and O–H groups in total. The summed E-state index contributed by atoms with van der Waals surface area (Å²) < 4.78 is 22.5. The van der Waals surface area contributed by atoms with Gasteiger partial charge in [0.15, 0.2) is 11.5 Å². The maximum Gasteiger partial charge on any atom is 0.181 e. The summed E-state index contributed by atoms with van der Waals surface area (Å²) in [6, 6.07) is 12.2. The van der Waals surface area contributed by atoms with Gasteiger partial charge in [0, 0.05) is 30.6 Å². The molecule has 0 saturated carbocycles. The Morgan fingerprint density at radius 2 is 1.90 bits per heavy atom. The molecule has 0 fully saturated rings. The minimum Gasteiger partial charge on any atom is -0.495 e. The summed E-state index contributed by atoms with van der Waals surface area (Å²) in [4.78, 5) is 13.4. The van der Waals surface area contributed by atoms with Crippen LogP contribution < -0.4 is 4.74 Å². The molecule has 31 heavy (non-hydrogen) atoms. The van der Waals surface area contributed by atoms with Crippen LogP contribution in [0.4, 0.5) is 4.39 Å². The van der Waals surface area contributed by atoms with E-state index in [1.54, 1.807) is 42.5 Å². The van der Waals surface area contributed by atoms with Crippen LogP contribution in [-0.2, 0) is 6.42 Å². The minimum atomic E-state index is -0.291. The molecule has 154 valence electrons. The second-order valence-corrected chi connectivity index (χ2v) is 7.18. The number of aryl methyl sites for hydroxylation is 1. The number of aromatic nitrogens is 6. The van der Waals surface area contributed by atoms with Crippen molar-refractivity contribution >= 4 is 5.65 Å². The molecule has 2 aromatic carbocycles. The Balaban J connectivity index is 1.48. The number of rotatable bonds is 5. The summed E-state index contributed by atoms with van der Waals surface area (Å²) in [6.07, 6.45) is 7.66. The lowest BCUT2D eigenvalue weighted by Crippen LogP contribution is -1.98. The fourth-order valence-corrected chi connectivity index (χ4v) is 3.53. The Bertz CT molecular complexity index is 1370. The van der Waals surface area contributed by atoms with Crippen LogP contribution in [0, 0.1) is 12.7 Å². The van der Waals surface area contributed by atoms with Crippen molar-refractivity contribution in [3.05, 3.63) is 90.3 Å². The molecule has 0 aliphatic carbocycles. The van der Waals surface area contributed by atoms with Gasteiger partial charge in [0.2, 0.25) is 0 Å². The van der Waals surface area contributed by atoms with Gasteiger partial charge in [-0.05, 0) is 48.9 Å². The summed E-state index contributed by atoms with van der Waals surface area (Å²) in [5, 5.41) is 4.59. The van der Waals surface area contributed by atoms with Crippen molar-refractivity contribution in [1.29, 1.82) is 0 Å². The third-order valence-electron chi connectivity index (χ3n) is 5.01. The third kappa shape index (κ3) is 3.63. The maximum absolute atomic E-state index is 13.3. The zero-order chi connectivity index (χ0) is 21.4. The average Bonchev–Trinajstić information content (AvgIpc) is 3.39. The number of halogens is 1. The van der Waals surface area contributed by atoms with Gasteiger partial charge in [-0.1, -0.05) is 6.07 Å². The molecule has 5 rings (SSSR count). The highest BCUT2D eigenvalue weighted by Crippen LogP contribution is 2.26. The second kappa shape index (κ2) is 7.64. The van der Waals surface area contributed by atoms with Gasteiger partial charge in [-0.3, -0.25) is 4.98 Å². The van der Waals surface area contributed by atoms with Crippen molar-refractivity contribution in [1.82, 2.24) is 29.1 Å². The Hall–Kier alpha value is -4.07. The Morgan fingerprint density at radius 1 is 1.06 bits per heavy atom. The molecule has 3 heterocycles. The number of methoxy groups -OCH3 is 1. The van der Waals surface area contributed by atoms with Crippen molar-refractivity contribution in [3.63, 3.8) is 0 Å². The molecule has 5 aromatic rings. The molecule has 8 heteroatoms.